The van der Waals surface area contributed by atoms with Crippen molar-refractivity contribution in [2.24, 2.45) is 5.84 Å². The van der Waals surface area contributed by atoms with Gasteiger partial charge in [-0.3, -0.25) is 4.98 Å². The average Bonchev–Trinajstić information content (AvgIpc) is 2.40. The Bertz CT molecular complexity index is 637. The monoisotopic (exact) mass is 363 g/mol. The van der Waals surface area contributed by atoms with Crippen LogP contribution in [0.1, 0.15) is 0 Å². The number of nitrogens with zero attached hydrogens (tertiary/aromatic N) is 2. The smallest absolute Gasteiger partial charge is 0.404 e. The summed E-state index contributed by atoms with van der Waals surface area (Å²) in [6.07, 6.45) is -2.11. The van der Waals surface area contributed by atoms with Crippen molar-refractivity contribution < 1.29 is 17.9 Å². The zero-order valence-electron chi connectivity index (χ0n) is 10.3. The van der Waals surface area contributed by atoms with E-state index in [9.17, 15) is 13.2 Å². The highest BCUT2D eigenvalue weighted by Crippen LogP contribution is 2.34. The molecule has 0 radical (unpaired) electrons. The predicted octanol–water partition coefficient (Wildman–Crippen LogP) is 3.17. The quantitative estimate of drug-likeness (QED) is 0.571. The van der Waals surface area contributed by atoms with Gasteiger partial charge in [0, 0.05) is 4.47 Å². The van der Waals surface area contributed by atoms with Crippen LogP contribution in [0.4, 0.5) is 30.5 Å². The van der Waals surface area contributed by atoms with Gasteiger partial charge in [0.05, 0.1) is 18.1 Å². The average molecular weight is 364 g/mol. The molecule has 21 heavy (non-hydrogen) atoms. The molecule has 10 heteroatoms. The van der Waals surface area contributed by atoms with Crippen molar-refractivity contribution in [2.75, 3.05) is 10.7 Å². The topological polar surface area (TPSA) is 85.1 Å². The van der Waals surface area contributed by atoms with Gasteiger partial charge in [0.1, 0.15) is 0 Å². The number of rotatable bonds is 4. The number of nitrogens with two attached hydrogens (primary N) is 1. The van der Waals surface area contributed by atoms with Crippen molar-refractivity contribution in [3.8, 4) is 5.75 Å². The van der Waals surface area contributed by atoms with Crippen molar-refractivity contribution >= 4 is 33.3 Å². The van der Waals surface area contributed by atoms with Crippen LogP contribution in [-0.4, -0.2) is 16.3 Å². The fourth-order valence-corrected chi connectivity index (χ4v) is 1.78. The predicted molar refractivity (Wildman–Crippen MR) is 73.9 cm³/mol. The normalized spacial score (nSPS) is 11.1. The SMILES string of the molecule is NNc1cncc(Nc2ccc(Br)cc2OC(F)(F)F)n1. The van der Waals surface area contributed by atoms with E-state index in [1.165, 1.54) is 24.5 Å². The van der Waals surface area contributed by atoms with Gasteiger partial charge < -0.3 is 15.5 Å². The van der Waals surface area contributed by atoms with Gasteiger partial charge in [-0.1, -0.05) is 15.9 Å². The summed E-state index contributed by atoms with van der Waals surface area (Å²) in [5.74, 6) is 5.25. The number of alkyl halides is 3. The van der Waals surface area contributed by atoms with E-state index in [0.29, 0.717) is 4.47 Å². The summed E-state index contributed by atoms with van der Waals surface area (Å²) in [5.41, 5.74) is 2.37. The molecule has 1 aromatic carbocycles. The molecule has 4 N–H and O–H groups in total. The maximum absolute atomic E-state index is 12.4. The van der Waals surface area contributed by atoms with E-state index in [2.05, 4.69) is 41.4 Å². The van der Waals surface area contributed by atoms with Crippen molar-refractivity contribution in [1.82, 2.24) is 9.97 Å². The molecule has 0 aliphatic heterocycles. The lowest BCUT2D eigenvalue weighted by molar-refractivity contribution is -0.274. The second-order valence-corrected chi connectivity index (χ2v) is 4.66. The molecule has 2 aromatic rings. The summed E-state index contributed by atoms with van der Waals surface area (Å²) in [7, 11) is 0. The van der Waals surface area contributed by atoms with Crippen LogP contribution in [0, 0.1) is 0 Å². The van der Waals surface area contributed by atoms with E-state index in [-0.39, 0.29) is 17.3 Å². The van der Waals surface area contributed by atoms with Crippen molar-refractivity contribution in [1.29, 1.82) is 0 Å². The molecule has 0 unspecified atom stereocenters. The molecule has 6 nitrogen and oxygen atoms in total. The maximum Gasteiger partial charge on any atom is 0.573 e. The highest BCUT2D eigenvalue weighted by Gasteiger charge is 2.32. The van der Waals surface area contributed by atoms with E-state index in [1.807, 2.05) is 0 Å². The van der Waals surface area contributed by atoms with Crippen LogP contribution in [-0.2, 0) is 0 Å². The molecular weight excluding hydrogens is 355 g/mol. The van der Waals surface area contributed by atoms with Gasteiger partial charge in [0.25, 0.3) is 0 Å². The number of nitrogens with one attached hydrogen (secondary N) is 2. The summed E-state index contributed by atoms with van der Waals surface area (Å²) in [5, 5.41) is 2.68. The van der Waals surface area contributed by atoms with Gasteiger partial charge in [-0.15, -0.1) is 13.2 Å². The number of benzene rings is 1. The summed E-state index contributed by atoms with van der Waals surface area (Å²) in [6, 6.07) is 4.16. The zero-order valence-corrected chi connectivity index (χ0v) is 11.9. The molecule has 112 valence electrons. The van der Waals surface area contributed by atoms with Gasteiger partial charge >= 0.3 is 6.36 Å². The van der Waals surface area contributed by atoms with Crippen LogP contribution in [0.3, 0.4) is 0 Å². The number of hydrogen-bond donors (Lipinski definition) is 3. The molecule has 1 heterocycles. The largest absolute Gasteiger partial charge is 0.573 e. The standard InChI is InChI=1S/C11H9BrF3N5O/c12-6-1-2-7(8(3-6)21-11(13,14)15)18-9-4-17-5-10(19-9)20-16/h1-5H,16H2,(H2,18,19,20). The summed E-state index contributed by atoms with van der Waals surface area (Å²) >= 11 is 3.08. The van der Waals surface area contributed by atoms with Crippen LogP contribution in [0.5, 0.6) is 5.75 Å². The van der Waals surface area contributed by atoms with E-state index < -0.39 is 12.1 Å². The molecule has 0 atom stereocenters. The van der Waals surface area contributed by atoms with Crippen molar-refractivity contribution in [3.05, 3.63) is 35.1 Å². The molecule has 0 spiro atoms. The first-order chi connectivity index (χ1) is 9.87. The Hall–Kier alpha value is -2.07. The van der Waals surface area contributed by atoms with Crippen molar-refractivity contribution in [3.63, 3.8) is 0 Å². The Morgan fingerprint density at radius 2 is 1.90 bits per heavy atom. The van der Waals surface area contributed by atoms with E-state index in [1.54, 1.807) is 6.07 Å². The first-order valence-corrected chi connectivity index (χ1v) is 6.27. The third-order valence-electron chi connectivity index (χ3n) is 2.21. The molecular formula is C11H9BrF3N5O. The number of nitrogen functional groups attached to an aromatic ring is 1. The lowest BCUT2D eigenvalue weighted by atomic mass is 10.3. The molecule has 0 amide bonds. The minimum Gasteiger partial charge on any atom is -0.404 e. The van der Waals surface area contributed by atoms with Crippen LogP contribution in [0.2, 0.25) is 0 Å². The first-order valence-electron chi connectivity index (χ1n) is 5.48. The van der Waals surface area contributed by atoms with E-state index >= 15 is 0 Å². The van der Waals surface area contributed by atoms with Gasteiger partial charge in [-0.25, -0.2) is 10.8 Å². The zero-order chi connectivity index (χ0) is 15.5. The van der Waals surface area contributed by atoms with Crippen LogP contribution < -0.4 is 21.3 Å². The number of anilines is 3. The lowest BCUT2D eigenvalue weighted by Crippen LogP contribution is -2.18. The molecule has 0 aliphatic rings. The lowest BCUT2D eigenvalue weighted by Gasteiger charge is -2.14. The fourth-order valence-electron chi connectivity index (χ4n) is 1.44. The number of hydrogen-bond acceptors (Lipinski definition) is 6. The minimum absolute atomic E-state index is 0.0824. The van der Waals surface area contributed by atoms with Crippen LogP contribution >= 0.6 is 15.9 Å². The molecule has 0 saturated carbocycles. The Kier molecular flexibility index (Phi) is 4.48. The molecule has 0 fully saturated rings. The Balaban J connectivity index is 2.30. The highest BCUT2D eigenvalue weighted by molar-refractivity contribution is 9.10. The van der Waals surface area contributed by atoms with Gasteiger partial charge in [0.2, 0.25) is 0 Å². The number of ether oxygens (including phenoxy) is 1. The molecule has 1 aromatic heterocycles. The van der Waals surface area contributed by atoms with Gasteiger partial charge in [-0.05, 0) is 18.2 Å². The minimum atomic E-state index is -4.80. The third-order valence-corrected chi connectivity index (χ3v) is 2.71. The fraction of sp³-hybridized carbons (Fsp3) is 0.0909. The third kappa shape index (κ3) is 4.46. The molecule has 0 aliphatic carbocycles. The maximum atomic E-state index is 12.4. The van der Waals surface area contributed by atoms with Crippen molar-refractivity contribution in [2.45, 2.75) is 6.36 Å². The van der Waals surface area contributed by atoms with Crippen LogP contribution in [0.15, 0.2) is 35.1 Å². The number of hydrazine groups is 1. The molecule has 0 saturated heterocycles. The van der Waals surface area contributed by atoms with E-state index in [0.717, 1.165) is 0 Å². The number of aromatic nitrogens is 2. The Morgan fingerprint density at radius 3 is 2.57 bits per heavy atom. The summed E-state index contributed by atoms with van der Waals surface area (Å²) in [4.78, 5) is 7.82. The Morgan fingerprint density at radius 1 is 1.19 bits per heavy atom. The second-order valence-electron chi connectivity index (χ2n) is 3.75. The van der Waals surface area contributed by atoms with E-state index in [4.69, 9.17) is 5.84 Å². The highest BCUT2D eigenvalue weighted by atomic mass is 79.9. The summed E-state index contributed by atoms with van der Waals surface area (Å²) < 4.78 is 41.6. The molecule has 2 rings (SSSR count). The molecule has 0 bridgehead atoms. The van der Waals surface area contributed by atoms with Gasteiger partial charge in [-0.2, -0.15) is 0 Å². The number of halogens is 4. The second kappa shape index (κ2) is 6.14. The summed E-state index contributed by atoms with van der Waals surface area (Å²) in [6.45, 7) is 0. The van der Waals surface area contributed by atoms with Crippen LogP contribution in [0.25, 0.3) is 0 Å². The van der Waals surface area contributed by atoms with Gasteiger partial charge in [0.15, 0.2) is 17.4 Å². The Labute approximate surface area is 125 Å². The first kappa shape index (κ1) is 15.3.